The number of esters is 1. The lowest BCUT2D eigenvalue weighted by Gasteiger charge is -2.15. The Morgan fingerprint density at radius 1 is 1.27 bits per heavy atom. The number of benzene rings is 1. The van der Waals surface area contributed by atoms with Gasteiger partial charge in [0.1, 0.15) is 5.82 Å². The predicted octanol–water partition coefficient (Wildman–Crippen LogP) is 3.10. The summed E-state index contributed by atoms with van der Waals surface area (Å²) < 4.78 is 19.1. The Bertz CT molecular complexity index is 584. The first-order valence-corrected chi connectivity index (χ1v) is 7.74. The van der Waals surface area contributed by atoms with Crippen LogP contribution in [0, 0.1) is 17.7 Å². The van der Waals surface area contributed by atoms with Crippen LogP contribution < -0.4 is 0 Å². The molecule has 1 aromatic carbocycles. The highest BCUT2D eigenvalue weighted by atomic mass is 79.9. The van der Waals surface area contributed by atoms with E-state index in [2.05, 4.69) is 15.9 Å². The first kappa shape index (κ1) is 18.5. The first-order chi connectivity index (χ1) is 10.3. The number of hydrogen-bond donors (Lipinski definition) is 0. The molecular formula is C16H18BrFO4. The highest BCUT2D eigenvalue weighted by Gasteiger charge is 2.36. The largest absolute Gasteiger partial charge is 0.465 e. The Balaban J connectivity index is 3.01. The van der Waals surface area contributed by atoms with Crippen molar-refractivity contribution < 1.29 is 23.5 Å². The smallest absolute Gasteiger partial charge is 0.324 e. The fraction of sp³-hybridized carbons (Fsp3) is 0.438. The van der Waals surface area contributed by atoms with Crippen molar-refractivity contribution in [1.29, 1.82) is 0 Å². The third kappa shape index (κ3) is 4.73. The van der Waals surface area contributed by atoms with Crippen molar-refractivity contribution in [2.45, 2.75) is 27.2 Å². The average Bonchev–Trinajstić information content (AvgIpc) is 2.42. The number of ketones is 2. The number of Topliss-reactive ketones (excluding diaryl/α,β-unsaturated/α-hetero) is 2. The Morgan fingerprint density at radius 3 is 2.41 bits per heavy atom. The lowest BCUT2D eigenvalue weighted by molar-refractivity contribution is -0.155. The molecule has 0 spiro atoms. The summed E-state index contributed by atoms with van der Waals surface area (Å²) in [6, 6.07) is 4.26. The van der Waals surface area contributed by atoms with E-state index in [9.17, 15) is 18.8 Å². The van der Waals surface area contributed by atoms with E-state index in [-0.39, 0.29) is 18.6 Å². The summed E-state index contributed by atoms with van der Waals surface area (Å²) in [6.45, 7) is 4.86. The quantitative estimate of drug-likeness (QED) is 0.544. The molecule has 0 N–H and O–H groups in total. The van der Waals surface area contributed by atoms with Gasteiger partial charge in [-0.3, -0.25) is 14.4 Å². The summed E-state index contributed by atoms with van der Waals surface area (Å²) in [5.41, 5.74) is 0.138. The molecule has 1 atom stereocenters. The van der Waals surface area contributed by atoms with E-state index in [4.69, 9.17) is 4.74 Å². The maximum atomic E-state index is 13.8. The van der Waals surface area contributed by atoms with E-state index in [1.165, 1.54) is 12.1 Å². The third-order valence-corrected chi connectivity index (χ3v) is 3.57. The minimum atomic E-state index is -1.50. The van der Waals surface area contributed by atoms with E-state index in [0.717, 1.165) is 0 Å². The Morgan fingerprint density at radius 2 is 1.91 bits per heavy atom. The summed E-state index contributed by atoms with van der Waals surface area (Å²) in [5, 5.41) is 0. The number of hydrogen-bond acceptors (Lipinski definition) is 4. The normalized spacial score (nSPS) is 12.1. The van der Waals surface area contributed by atoms with Gasteiger partial charge in [-0.2, -0.15) is 0 Å². The van der Waals surface area contributed by atoms with Gasteiger partial charge in [0.05, 0.1) is 6.61 Å². The van der Waals surface area contributed by atoms with Gasteiger partial charge in [0, 0.05) is 16.8 Å². The summed E-state index contributed by atoms with van der Waals surface area (Å²) in [6.07, 6.45) is -0.332. The van der Waals surface area contributed by atoms with Crippen molar-refractivity contribution in [2.24, 2.45) is 11.8 Å². The van der Waals surface area contributed by atoms with Gasteiger partial charge in [-0.05, 0) is 24.6 Å². The molecule has 0 amide bonds. The summed E-state index contributed by atoms with van der Waals surface area (Å²) >= 11 is 3.12. The zero-order valence-electron chi connectivity index (χ0n) is 12.7. The Kier molecular flexibility index (Phi) is 6.87. The van der Waals surface area contributed by atoms with E-state index in [1.54, 1.807) is 26.8 Å². The lowest BCUT2D eigenvalue weighted by atomic mass is 9.88. The monoisotopic (exact) mass is 372 g/mol. The zero-order chi connectivity index (χ0) is 16.9. The van der Waals surface area contributed by atoms with Gasteiger partial charge in [-0.15, -0.1) is 0 Å². The van der Waals surface area contributed by atoms with Gasteiger partial charge in [-0.25, -0.2) is 4.39 Å². The number of carbonyl (C=O) groups excluding carboxylic acids is 3. The minimum absolute atomic E-state index is 0.0701. The number of rotatable bonds is 7. The molecule has 0 aliphatic heterocycles. The Labute approximate surface area is 137 Å². The molecule has 0 aromatic heterocycles. The maximum absolute atomic E-state index is 13.8. The first-order valence-electron chi connectivity index (χ1n) is 6.94. The molecule has 1 aromatic rings. The second kappa shape index (κ2) is 8.17. The van der Waals surface area contributed by atoms with Crippen LogP contribution in [0.25, 0.3) is 0 Å². The van der Waals surface area contributed by atoms with Crippen LogP contribution in [-0.2, 0) is 25.5 Å². The van der Waals surface area contributed by atoms with Crippen molar-refractivity contribution in [3.8, 4) is 0 Å². The molecule has 0 radical (unpaired) electrons. The number of ether oxygens (including phenoxy) is 1. The van der Waals surface area contributed by atoms with Crippen molar-refractivity contribution in [3.05, 3.63) is 34.1 Å². The molecule has 22 heavy (non-hydrogen) atoms. The van der Waals surface area contributed by atoms with Crippen LogP contribution >= 0.6 is 15.9 Å². The van der Waals surface area contributed by atoms with Crippen LogP contribution in [0.4, 0.5) is 4.39 Å². The van der Waals surface area contributed by atoms with E-state index < -0.39 is 35.2 Å². The van der Waals surface area contributed by atoms with Gasteiger partial charge in [0.15, 0.2) is 17.5 Å². The molecule has 0 saturated carbocycles. The van der Waals surface area contributed by atoms with E-state index in [0.29, 0.717) is 4.47 Å². The zero-order valence-corrected chi connectivity index (χ0v) is 14.3. The maximum Gasteiger partial charge on any atom is 0.324 e. The molecule has 6 heteroatoms. The molecule has 0 aliphatic rings. The second-order valence-electron chi connectivity index (χ2n) is 5.12. The fourth-order valence-corrected chi connectivity index (χ4v) is 2.25. The standard InChI is InChI=1S/C16H18BrFO4/c1-4-22-16(21)14(15(20)9(2)3)13(19)7-10-5-6-11(17)8-12(10)18/h5-6,8-9,14H,4,7H2,1-3H3. The molecule has 120 valence electrons. The van der Waals surface area contributed by atoms with Crippen LogP contribution in [0.15, 0.2) is 22.7 Å². The number of halogens is 2. The van der Waals surface area contributed by atoms with Gasteiger partial charge in [0.2, 0.25) is 0 Å². The molecular weight excluding hydrogens is 355 g/mol. The Hall–Kier alpha value is -1.56. The summed E-state index contributed by atoms with van der Waals surface area (Å²) in [5.74, 6) is -4.60. The SMILES string of the molecule is CCOC(=O)C(C(=O)Cc1ccc(Br)cc1F)C(=O)C(C)C. The third-order valence-electron chi connectivity index (χ3n) is 3.08. The van der Waals surface area contributed by atoms with Gasteiger partial charge in [0.25, 0.3) is 0 Å². The van der Waals surface area contributed by atoms with Crippen molar-refractivity contribution in [2.75, 3.05) is 6.61 Å². The number of carbonyl (C=O) groups is 3. The molecule has 0 aliphatic carbocycles. The van der Waals surface area contributed by atoms with Crippen LogP contribution in [-0.4, -0.2) is 24.1 Å². The highest BCUT2D eigenvalue weighted by Crippen LogP contribution is 2.19. The van der Waals surface area contributed by atoms with Crippen molar-refractivity contribution in [3.63, 3.8) is 0 Å². The van der Waals surface area contributed by atoms with E-state index >= 15 is 0 Å². The fourth-order valence-electron chi connectivity index (χ4n) is 1.92. The predicted molar refractivity (Wildman–Crippen MR) is 82.8 cm³/mol. The summed E-state index contributed by atoms with van der Waals surface area (Å²) in [7, 11) is 0. The summed E-state index contributed by atoms with van der Waals surface area (Å²) in [4.78, 5) is 36.3. The molecule has 0 saturated heterocycles. The highest BCUT2D eigenvalue weighted by molar-refractivity contribution is 9.10. The van der Waals surface area contributed by atoms with Gasteiger partial charge in [-0.1, -0.05) is 35.8 Å². The second-order valence-corrected chi connectivity index (χ2v) is 6.04. The van der Waals surface area contributed by atoms with Gasteiger partial charge < -0.3 is 4.74 Å². The van der Waals surface area contributed by atoms with Crippen molar-refractivity contribution >= 4 is 33.5 Å². The molecule has 0 fully saturated rings. The molecule has 0 bridgehead atoms. The lowest BCUT2D eigenvalue weighted by Crippen LogP contribution is -2.37. The van der Waals surface area contributed by atoms with Crippen LogP contribution in [0.3, 0.4) is 0 Å². The van der Waals surface area contributed by atoms with Crippen LogP contribution in [0.1, 0.15) is 26.3 Å². The average molecular weight is 373 g/mol. The topological polar surface area (TPSA) is 60.4 Å². The van der Waals surface area contributed by atoms with Crippen LogP contribution in [0.5, 0.6) is 0 Å². The van der Waals surface area contributed by atoms with E-state index in [1.807, 2.05) is 0 Å². The molecule has 4 nitrogen and oxygen atoms in total. The molecule has 0 heterocycles. The van der Waals surface area contributed by atoms with Crippen LogP contribution in [0.2, 0.25) is 0 Å². The van der Waals surface area contributed by atoms with Gasteiger partial charge >= 0.3 is 5.97 Å². The molecule has 1 unspecified atom stereocenters. The van der Waals surface area contributed by atoms with Crippen molar-refractivity contribution in [1.82, 2.24) is 0 Å². The molecule has 1 rings (SSSR count). The minimum Gasteiger partial charge on any atom is -0.465 e.